The second-order valence-corrected chi connectivity index (χ2v) is 7.17. The van der Waals surface area contributed by atoms with Crippen molar-refractivity contribution < 1.29 is 9.47 Å². The van der Waals surface area contributed by atoms with Gasteiger partial charge in [-0.1, -0.05) is 66.7 Å². The smallest absolute Gasteiger partial charge is 0.127 e. The summed E-state index contributed by atoms with van der Waals surface area (Å²) in [4.78, 5) is 0. The molecule has 0 heterocycles. The lowest BCUT2D eigenvalue weighted by Crippen LogP contribution is -2.23. The fourth-order valence-electron chi connectivity index (χ4n) is 2.61. The summed E-state index contributed by atoms with van der Waals surface area (Å²) in [6.45, 7) is 0. The van der Waals surface area contributed by atoms with Crippen molar-refractivity contribution in [3.63, 3.8) is 0 Å². The van der Waals surface area contributed by atoms with Crippen LogP contribution in [-0.2, 0) is 0 Å². The zero-order valence-electron chi connectivity index (χ0n) is 13.3. The predicted molar refractivity (Wildman–Crippen MR) is 98.3 cm³/mol. The lowest BCUT2D eigenvalue weighted by molar-refractivity contribution is 0.417. The highest BCUT2D eigenvalue weighted by atomic mass is 31.1. The second kappa shape index (κ2) is 7.30. The summed E-state index contributed by atoms with van der Waals surface area (Å²) >= 11 is 0. The first-order valence-corrected chi connectivity index (χ1v) is 8.80. The van der Waals surface area contributed by atoms with Crippen molar-refractivity contribution in [1.29, 1.82) is 0 Å². The Labute approximate surface area is 138 Å². The summed E-state index contributed by atoms with van der Waals surface area (Å²) in [5.74, 6) is 1.82. The van der Waals surface area contributed by atoms with E-state index in [2.05, 4.69) is 48.5 Å². The van der Waals surface area contributed by atoms with E-state index < -0.39 is 7.92 Å². The Morgan fingerprint density at radius 3 is 1.48 bits per heavy atom. The molecule has 116 valence electrons. The van der Waals surface area contributed by atoms with Gasteiger partial charge in [0.05, 0.1) is 14.2 Å². The van der Waals surface area contributed by atoms with Crippen LogP contribution in [0, 0.1) is 0 Å². The van der Waals surface area contributed by atoms with Crippen LogP contribution in [0.4, 0.5) is 0 Å². The van der Waals surface area contributed by atoms with Gasteiger partial charge in [-0.3, -0.25) is 0 Å². The molecule has 0 aliphatic rings. The number of rotatable bonds is 5. The summed E-state index contributed by atoms with van der Waals surface area (Å²) in [7, 11) is 2.69. The molecule has 0 saturated heterocycles. The van der Waals surface area contributed by atoms with E-state index in [1.807, 2.05) is 30.3 Å². The first kappa shape index (κ1) is 15.6. The summed E-state index contributed by atoms with van der Waals surface area (Å²) in [6.07, 6.45) is 0. The highest BCUT2D eigenvalue weighted by Crippen LogP contribution is 2.39. The van der Waals surface area contributed by atoms with Gasteiger partial charge in [-0.25, -0.2) is 0 Å². The molecule has 0 aliphatic heterocycles. The van der Waals surface area contributed by atoms with Crippen LogP contribution in [0.25, 0.3) is 0 Å². The molecule has 3 rings (SSSR count). The maximum absolute atomic E-state index is 5.62. The molecular formula is C20H19O2P. The van der Waals surface area contributed by atoms with Crippen molar-refractivity contribution in [2.24, 2.45) is 0 Å². The molecule has 0 unspecified atom stereocenters. The maximum Gasteiger partial charge on any atom is 0.127 e. The molecule has 0 radical (unpaired) electrons. The molecule has 23 heavy (non-hydrogen) atoms. The van der Waals surface area contributed by atoms with Crippen LogP contribution in [0.3, 0.4) is 0 Å². The van der Waals surface area contributed by atoms with Gasteiger partial charge < -0.3 is 9.47 Å². The van der Waals surface area contributed by atoms with Crippen molar-refractivity contribution in [1.82, 2.24) is 0 Å². The van der Waals surface area contributed by atoms with Crippen LogP contribution in [-0.4, -0.2) is 14.2 Å². The van der Waals surface area contributed by atoms with E-state index in [1.165, 1.54) is 15.9 Å². The summed E-state index contributed by atoms with van der Waals surface area (Å²) in [5, 5.41) is 3.66. The van der Waals surface area contributed by atoms with Crippen molar-refractivity contribution in [2.45, 2.75) is 0 Å². The Morgan fingerprint density at radius 2 is 1.00 bits per heavy atom. The van der Waals surface area contributed by atoms with Gasteiger partial charge in [-0.2, -0.15) is 0 Å². The molecule has 0 amide bonds. The number of hydrogen-bond acceptors (Lipinski definition) is 2. The van der Waals surface area contributed by atoms with Gasteiger partial charge in [0.2, 0.25) is 0 Å². The average Bonchev–Trinajstić information content (AvgIpc) is 2.64. The standard InChI is InChI=1S/C20H19O2P/c1-21-17-12-6-8-14-19(17)23(16-10-4-3-5-11-16)20-15-9-7-13-18(20)22-2/h3-15H,1-2H3. The second-order valence-electron chi connectivity index (χ2n) is 5.01. The Bertz CT molecular complexity index is 724. The minimum Gasteiger partial charge on any atom is -0.496 e. The van der Waals surface area contributed by atoms with Crippen LogP contribution in [0.2, 0.25) is 0 Å². The third-order valence-corrected chi connectivity index (χ3v) is 6.18. The monoisotopic (exact) mass is 322 g/mol. The maximum atomic E-state index is 5.62. The Kier molecular flexibility index (Phi) is 4.95. The van der Waals surface area contributed by atoms with Gasteiger partial charge in [0.1, 0.15) is 11.5 Å². The number of hydrogen-bond donors (Lipinski definition) is 0. The van der Waals surface area contributed by atoms with Crippen LogP contribution in [0.15, 0.2) is 78.9 Å². The number of methoxy groups -OCH3 is 2. The summed E-state index contributed by atoms with van der Waals surface area (Å²) < 4.78 is 11.2. The van der Waals surface area contributed by atoms with Gasteiger partial charge in [0.25, 0.3) is 0 Å². The van der Waals surface area contributed by atoms with Gasteiger partial charge in [-0.05, 0) is 25.4 Å². The fraction of sp³-hybridized carbons (Fsp3) is 0.100. The molecule has 0 spiro atoms. The molecule has 0 N–H and O–H groups in total. The third-order valence-electron chi connectivity index (χ3n) is 3.67. The van der Waals surface area contributed by atoms with Crippen LogP contribution >= 0.6 is 7.92 Å². The van der Waals surface area contributed by atoms with Crippen LogP contribution in [0.5, 0.6) is 11.5 Å². The summed E-state index contributed by atoms with van der Waals surface area (Å²) in [5.41, 5.74) is 0. The number of ether oxygens (including phenoxy) is 2. The zero-order valence-corrected chi connectivity index (χ0v) is 14.2. The molecule has 0 saturated carbocycles. The zero-order chi connectivity index (χ0) is 16.1. The van der Waals surface area contributed by atoms with E-state index in [-0.39, 0.29) is 0 Å². The molecule has 0 aromatic heterocycles. The molecule has 0 fully saturated rings. The van der Waals surface area contributed by atoms with E-state index in [0.717, 1.165) is 11.5 Å². The molecule has 3 aromatic carbocycles. The van der Waals surface area contributed by atoms with E-state index in [0.29, 0.717) is 0 Å². The molecule has 3 aromatic rings. The van der Waals surface area contributed by atoms with E-state index >= 15 is 0 Å². The quantitative estimate of drug-likeness (QED) is 0.670. The average molecular weight is 322 g/mol. The SMILES string of the molecule is COc1ccccc1P(c1ccccc1)c1ccccc1OC. The van der Waals surface area contributed by atoms with E-state index in [1.54, 1.807) is 14.2 Å². The van der Waals surface area contributed by atoms with Crippen LogP contribution in [0.1, 0.15) is 0 Å². The largest absolute Gasteiger partial charge is 0.496 e. The number of benzene rings is 3. The van der Waals surface area contributed by atoms with E-state index in [4.69, 9.17) is 9.47 Å². The molecule has 0 bridgehead atoms. The topological polar surface area (TPSA) is 18.5 Å². The Balaban J connectivity index is 2.23. The normalized spacial score (nSPS) is 10.6. The summed E-state index contributed by atoms with van der Waals surface area (Å²) in [6, 6.07) is 27.0. The van der Waals surface area contributed by atoms with Crippen LogP contribution < -0.4 is 25.4 Å². The Hall–Kier alpha value is -2.31. The van der Waals surface area contributed by atoms with Gasteiger partial charge in [0, 0.05) is 10.6 Å². The molecule has 0 aliphatic carbocycles. The van der Waals surface area contributed by atoms with E-state index in [9.17, 15) is 0 Å². The molecule has 3 heteroatoms. The molecule has 2 nitrogen and oxygen atoms in total. The minimum atomic E-state index is -0.749. The highest BCUT2D eigenvalue weighted by Gasteiger charge is 2.22. The van der Waals surface area contributed by atoms with Crippen molar-refractivity contribution in [3.05, 3.63) is 78.9 Å². The first-order valence-electron chi connectivity index (χ1n) is 7.46. The fourth-order valence-corrected chi connectivity index (χ4v) is 5.14. The predicted octanol–water partition coefficient (Wildman–Crippen LogP) is 3.46. The van der Waals surface area contributed by atoms with Crippen molar-refractivity contribution in [2.75, 3.05) is 14.2 Å². The lowest BCUT2D eigenvalue weighted by Gasteiger charge is -2.23. The first-order chi connectivity index (χ1) is 11.3. The minimum absolute atomic E-state index is 0.749. The molecular weight excluding hydrogens is 303 g/mol. The van der Waals surface area contributed by atoms with Gasteiger partial charge >= 0.3 is 0 Å². The van der Waals surface area contributed by atoms with Gasteiger partial charge in [0.15, 0.2) is 0 Å². The lowest BCUT2D eigenvalue weighted by atomic mass is 10.3. The third kappa shape index (κ3) is 3.23. The number of para-hydroxylation sites is 2. The molecule has 0 atom stereocenters. The van der Waals surface area contributed by atoms with Gasteiger partial charge in [-0.15, -0.1) is 0 Å². The van der Waals surface area contributed by atoms with Crippen molar-refractivity contribution in [3.8, 4) is 11.5 Å². The van der Waals surface area contributed by atoms with Crippen molar-refractivity contribution >= 4 is 23.8 Å². The highest BCUT2D eigenvalue weighted by molar-refractivity contribution is 7.80. The Morgan fingerprint density at radius 1 is 0.565 bits per heavy atom.